The quantitative estimate of drug-likeness (QED) is 0.603. The third-order valence-corrected chi connectivity index (χ3v) is 5.79. The molecule has 1 aliphatic rings. The Labute approximate surface area is 122 Å². The fourth-order valence-corrected chi connectivity index (χ4v) is 2.87. The molecule has 1 aromatic carbocycles. The molecule has 0 fully saturated rings. The van der Waals surface area contributed by atoms with Gasteiger partial charge in [0, 0.05) is 5.56 Å². The standard InChI is InChI=1S/C9H4Cl6O/c10-7(11)5-3-1-2-4-6(5)16-9(14,15)8(7,12)13/h1-4H. The van der Waals surface area contributed by atoms with Crippen LogP contribution in [0.4, 0.5) is 0 Å². The van der Waals surface area contributed by atoms with E-state index in [4.69, 9.17) is 74.3 Å². The van der Waals surface area contributed by atoms with Gasteiger partial charge in [-0.1, -0.05) is 87.8 Å². The maximum Gasteiger partial charge on any atom is 0.294 e. The number of halogens is 6. The molecule has 0 radical (unpaired) electrons. The summed E-state index contributed by atoms with van der Waals surface area (Å²) in [5, 5.41) is 0. The zero-order chi connectivity index (χ0) is 12.2. The highest BCUT2D eigenvalue weighted by Crippen LogP contribution is 2.63. The molecule has 1 aliphatic heterocycles. The molecule has 0 bridgehead atoms. The van der Waals surface area contributed by atoms with Gasteiger partial charge in [0.05, 0.1) is 0 Å². The summed E-state index contributed by atoms with van der Waals surface area (Å²) < 4.78 is -0.243. The lowest BCUT2D eigenvalue weighted by atomic mass is 10.0. The first-order chi connectivity index (χ1) is 7.20. The zero-order valence-electron chi connectivity index (χ0n) is 7.49. The molecule has 0 atom stereocenters. The molecule has 1 aromatic rings. The Kier molecular flexibility index (Phi) is 3.20. The van der Waals surface area contributed by atoms with Gasteiger partial charge < -0.3 is 4.74 Å². The molecular weight excluding hydrogens is 337 g/mol. The van der Waals surface area contributed by atoms with E-state index in [-0.39, 0.29) is 0 Å². The summed E-state index contributed by atoms with van der Waals surface area (Å²) in [6.45, 7) is 0. The summed E-state index contributed by atoms with van der Waals surface area (Å²) in [5.74, 6) is 0.342. The normalized spacial score (nSPS) is 24.4. The first-order valence-corrected chi connectivity index (χ1v) is 6.39. The molecule has 0 aliphatic carbocycles. The number of benzene rings is 1. The first-order valence-electron chi connectivity index (χ1n) is 4.12. The molecule has 2 rings (SSSR count). The van der Waals surface area contributed by atoms with Crippen LogP contribution in [0.5, 0.6) is 5.75 Å². The molecule has 88 valence electrons. The number of hydrogen-bond donors (Lipinski definition) is 0. The predicted octanol–water partition coefficient (Wildman–Crippen LogP) is 5.01. The van der Waals surface area contributed by atoms with Gasteiger partial charge in [-0.3, -0.25) is 0 Å². The molecule has 1 heterocycles. The Bertz CT molecular complexity index is 428. The third kappa shape index (κ3) is 1.68. The molecule has 7 heteroatoms. The van der Waals surface area contributed by atoms with Gasteiger partial charge in [-0.15, -0.1) is 0 Å². The van der Waals surface area contributed by atoms with Crippen LogP contribution in [0, 0.1) is 0 Å². The van der Waals surface area contributed by atoms with E-state index in [1.807, 2.05) is 0 Å². The molecule has 0 amide bonds. The number of para-hydroxylation sites is 1. The van der Waals surface area contributed by atoms with Crippen molar-refractivity contribution in [3.63, 3.8) is 0 Å². The molecule has 0 unspecified atom stereocenters. The van der Waals surface area contributed by atoms with E-state index in [1.165, 1.54) is 0 Å². The second-order valence-corrected chi connectivity index (χ2v) is 7.18. The van der Waals surface area contributed by atoms with E-state index >= 15 is 0 Å². The first kappa shape index (κ1) is 13.2. The molecule has 0 saturated heterocycles. The summed E-state index contributed by atoms with van der Waals surface area (Å²) >= 11 is 36.0. The summed E-state index contributed by atoms with van der Waals surface area (Å²) in [6.07, 6.45) is 0. The van der Waals surface area contributed by atoms with Crippen LogP contribution >= 0.6 is 69.6 Å². The van der Waals surface area contributed by atoms with Crippen LogP contribution in [0.2, 0.25) is 0 Å². The summed E-state index contributed by atoms with van der Waals surface area (Å²) in [7, 11) is 0. The molecule has 16 heavy (non-hydrogen) atoms. The SMILES string of the molecule is ClC1(Cl)Oc2ccccc2C(Cl)(Cl)C1(Cl)Cl. The van der Waals surface area contributed by atoms with Crippen molar-refractivity contribution >= 4 is 69.6 Å². The minimum absolute atomic E-state index is 0.342. The molecular formula is C9H4Cl6O. The average Bonchev–Trinajstić information content (AvgIpc) is 2.15. The summed E-state index contributed by atoms with van der Waals surface area (Å²) in [5.41, 5.74) is 0.417. The fourth-order valence-electron chi connectivity index (χ4n) is 1.37. The maximum atomic E-state index is 6.13. The van der Waals surface area contributed by atoms with Gasteiger partial charge in [0.1, 0.15) is 5.75 Å². The van der Waals surface area contributed by atoms with Crippen LogP contribution < -0.4 is 4.74 Å². The van der Waals surface area contributed by atoms with Crippen LogP contribution in [0.1, 0.15) is 5.56 Å². The second kappa shape index (κ2) is 3.88. The minimum atomic E-state index is -1.94. The van der Waals surface area contributed by atoms with Gasteiger partial charge in [0.2, 0.25) is 4.33 Å². The topological polar surface area (TPSA) is 9.23 Å². The van der Waals surface area contributed by atoms with Crippen LogP contribution in [0.3, 0.4) is 0 Å². The van der Waals surface area contributed by atoms with Crippen molar-refractivity contribution in [3.8, 4) is 5.75 Å². The number of ether oxygens (including phenoxy) is 1. The summed E-state index contributed by atoms with van der Waals surface area (Å²) in [6, 6.07) is 6.71. The number of hydrogen-bond acceptors (Lipinski definition) is 1. The van der Waals surface area contributed by atoms with Gasteiger partial charge in [0.25, 0.3) is 4.52 Å². The van der Waals surface area contributed by atoms with Crippen molar-refractivity contribution in [2.45, 2.75) is 13.2 Å². The van der Waals surface area contributed by atoms with Crippen LogP contribution in [0.25, 0.3) is 0 Å². The van der Waals surface area contributed by atoms with Crippen molar-refractivity contribution in [3.05, 3.63) is 29.8 Å². The predicted molar refractivity (Wildman–Crippen MR) is 69.3 cm³/mol. The highest BCUT2D eigenvalue weighted by molar-refractivity contribution is 6.69. The van der Waals surface area contributed by atoms with Crippen molar-refractivity contribution in [2.75, 3.05) is 0 Å². The lowest BCUT2D eigenvalue weighted by Crippen LogP contribution is -2.54. The van der Waals surface area contributed by atoms with Crippen molar-refractivity contribution in [2.24, 2.45) is 0 Å². The Morgan fingerprint density at radius 2 is 1.44 bits per heavy atom. The highest BCUT2D eigenvalue weighted by atomic mass is 35.5. The second-order valence-electron chi connectivity index (χ2n) is 3.26. The van der Waals surface area contributed by atoms with E-state index in [9.17, 15) is 0 Å². The van der Waals surface area contributed by atoms with Gasteiger partial charge in [-0.2, -0.15) is 0 Å². The fraction of sp³-hybridized carbons (Fsp3) is 0.333. The van der Waals surface area contributed by atoms with Crippen molar-refractivity contribution in [1.29, 1.82) is 0 Å². The van der Waals surface area contributed by atoms with Crippen LogP contribution in [-0.2, 0) is 4.33 Å². The van der Waals surface area contributed by atoms with Gasteiger partial charge >= 0.3 is 0 Å². The maximum absolute atomic E-state index is 6.13. The third-order valence-electron chi connectivity index (χ3n) is 2.22. The minimum Gasteiger partial charge on any atom is -0.454 e. The lowest BCUT2D eigenvalue weighted by Gasteiger charge is -2.45. The smallest absolute Gasteiger partial charge is 0.294 e. The lowest BCUT2D eigenvalue weighted by molar-refractivity contribution is 0.189. The molecule has 0 spiro atoms. The van der Waals surface area contributed by atoms with E-state index in [0.717, 1.165) is 0 Å². The highest BCUT2D eigenvalue weighted by Gasteiger charge is 2.66. The monoisotopic (exact) mass is 338 g/mol. The van der Waals surface area contributed by atoms with Gasteiger partial charge in [-0.25, -0.2) is 0 Å². The Balaban J connectivity index is 2.68. The zero-order valence-corrected chi connectivity index (χ0v) is 12.0. The van der Waals surface area contributed by atoms with E-state index in [1.54, 1.807) is 24.3 Å². The van der Waals surface area contributed by atoms with E-state index in [2.05, 4.69) is 0 Å². The van der Waals surface area contributed by atoms with Crippen molar-refractivity contribution in [1.82, 2.24) is 0 Å². The van der Waals surface area contributed by atoms with Crippen LogP contribution in [-0.4, -0.2) is 8.85 Å². The van der Waals surface area contributed by atoms with E-state index in [0.29, 0.717) is 11.3 Å². The Morgan fingerprint density at radius 3 is 2.06 bits per heavy atom. The van der Waals surface area contributed by atoms with E-state index < -0.39 is 13.2 Å². The van der Waals surface area contributed by atoms with Gasteiger partial charge in [-0.05, 0) is 6.07 Å². The Hall–Kier alpha value is 0.760. The Morgan fingerprint density at radius 1 is 0.875 bits per heavy atom. The largest absolute Gasteiger partial charge is 0.454 e. The molecule has 0 aromatic heterocycles. The van der Waals surface area contributed by atoms with Crippen molar-refractivity contribution < 1.29 is 4.74 Å². The molecule has 0 saturated carbocycles. The molecule has 0 N–H and O–H groups in total. The molecule has 1 nitrogen and oxygen atoms in total. The summed E-state index contributed by atoms with van der Waals surface area (Å²) in [4.78, 5) is 0. The van der Waals surface area contributed by atoms with Gasteiger partial charge in [0.15, 0.2) is 4.33 Å². The average molecular weight is 341 g/mol. The van der Waals surface area contributed by atoms with Crippen LogP contribution in [0.15, 0.2) is 24.3 Å². The number of alkyl halides is 6. The number of rotatable bonds is 0. The number of fused-ring (bicyclic) bond motifs is 1.